The van der Waals surface area contributed by atoms with Crippen molar-refractivity contribution in [3.05, 3.63) is 22.1 Å². The Labute approximate surface area is 113 Å². The molecule has 0 saturated carbocycles. The summed E-state index contributed by atoms with van der Waals surface area (Å²) < 4.78 is 1.70. The molecule has 2 rings (SSSR count). The van der Waals surface area contributed by atoms with Crippen molar-refractivity contribution in [2.24, 2.45) is 0 Å². The molecule has 100 valence electrons. The summed E-state index contributed by atoms with van der Waals surface area (Å²) in [5.74, 6) is 0.574. The molecule has 2 aromatic heterocycles. The lowest BCUT2D eigenvalue weighted by Crippen LogP contribution is -2.35. The standard InChI is InChI=1S/C13H19BN4O/c1-5-18-11-9(6-10(14)12(18)19)8(4)16-13(17-11)15-7(2)3/h6-7H,5,14H2,1-4H3,(H,15,16,17). The zero-order chi connectivity index (χ0) is 14.2. The van der Waals surface area contributed by atoms with E-state index in [0.717, 1.165) is 16.5 Å². The molecule has 5 nitrogen and oxygen atoms in total. The molecule has 2 heterocycles. The van der Waals surface area contributed by atoms with Crippen molar-refractivity contribution in [3.8, 4) is 0 Å². The molecule has 0 spiro atoms. The van der Waals surface area contributed by atoms with Gasteiger partial charge >= 0.3 is 0 Å². The normalized spacial score (nSPS) is 11.2. The third-order valence-electron chi connectivity index (χ3n) is 3.05. The highest BCUT2D eigenvalue weighted by atomic mass is 16.1. The first-order chi connectivity index (χ1) is 8.93. The van der Waals surface area contributed by atoms with Crippen molar-refractivity contribution < 1.29 is 0 Å². The van der Waals surface area contributed by atoms with E-state index >= 15 is 0 Å². The van der Waals surface area contributed by atoms with Crippen LogP contribution in [-0.2, 0) is 6.54 Å². The number of aromatic nitrogens is 3. The Morgan fingerprint density at radius 3 is 2.68 bits per heavy atom. The van der Waals surface area contributed by atoms with Crippen LogP contribution in [0.2, 0.25) is 0 Å². The van der Waals surface area contributed by atoms with Gasteiger partial charge in [0.2, 0.25) is 11.5 Å². The summed E-state index contributed by atoms with van der Waals surface area (Å²) in [6.07, 6.45) is 0. The second kappa shape index (κ2) is 5.03. The van der Waals surface area contributed by atoms with Gasteiger partial charge in [0.15, 0.2) is 0 Å². The molecule has 2 aromatic rings. The molecular formula is C13H19BN4O. The van der Waals surface area contributed by atoms with Gasteiger partial charge in [-0.3, -0.25) is 9.36 Å². The maximum atomic E-state index is 12.1. The molecule has 0 unspecified atom stereocenters. The Kier molecular flexibility index (Phi) is 3.60. The van der Waals surface area contributed by atoms with Crippen molar-refractivity contribution in [2.75, 3.05) is 5.32 Å². The lowest BCUT2D eigenvalue weighted by Gasteiger charge is -2.14. The molecule has 0 amide bonds. The summed E-state index contributed by atoms with van der Waals surface area (Å²) in [5, 5.41) is 4.12. The average Bonchev–Trinajstić information content (AvgIpc) is 2.31. The summed E-state index contributed by atoms with van der Waals surface area (Å²) in [6.45, 7) is 8.57. The van der Waals surface area contributed by atoms with Crippen LogP contribution in [0.25, 0.3) is 11.0 Å². The minimum absolute atomic E-state index is 0.0172. The summed E-state index contributed by atoms with van der Waals surface area (Å²) >= 11 is 0. The molecule has 0 saturated heterocycles. The van der Waals surface area contributed by atoms with Gasteiger partial charge in [0.1, 0.15) is 13.5 Å². The van der Waals surface area contributed by atoms with Crippen LogP contribution in [0.15, 0.2) is 10.9 Å². The minimum Gasteiger partial charge on any atom is -0.352 e. The monoisotopic (exact) mass is 258 g/mol. The van der Waals surface area contributed by atoms with E-state index in [-0.39, 0.29) is 11.6 Å². The highest BCUT2D eigenvalue weighted by Crippen LogP contribution is 2.15. The number of pyridine rings is 1. The zero-order valence-corrected chi connectivity index (χ0v) is 12.1. The van der Waals surface area contributed by atoms with E-state index in [0.29, 0.717) is 18.1 Å². The fraction of sp³-hybridized carbons (Fsp3) is 0.462. The van der Waals surface area contributed by atoms with Crippen LogP contribution in [0, 0.1) is 6.92 Å². The van der Waals surface area contributed by atoms with Crippen molar-refractivity contribution in [1.29, 1.82) is 0 Å². The molecule has 0 bridgehead atoms. The molecular weight excluding hydrogens is 239 g/mol. The average molecular weight is 258 g/mol. The highest BCUT2D eigenvalue weighted by Gasteiger charge is 2.11. The van der Waals surface area contributed by atoms with E-state index in [4.69, 9.17) is 0 Å². The van der Waals surface area contributed by atoms with Gasteiger partial charge in [0.05, 0.1) is 5.69 Å². The predicted molar refractivity (Wildman–Crippen MR) is 81.1 cm³/mol. The van der Waals surface area contributed by atoms with E-state index in [1.165, 1.54) is 0 Å². The molecule has 0 aliphatic heterocycles. The maximum Gasteiger partial charge on any atom is 0.245 e. The Bertz CT molecular complexity index is 678. The topological polar surface area (TPSA) is 59.8 Å². The molecule has 0 aromatic carbocycles. The number of hydrogen-bond donors (Lipinski definition) is 1. The van der Waals surface area contributed by atoms with E-state index < -0.39 is 0 Å². The number of nitrogens with one attached hydrogen (secondary N) is 1. The van der Waals surface area contributed by atoms with Crippen molar-refractivity contribution in [3.63, 3.8) is 0 Å². The van der Waals surface area contributed by atoms with Gasteiger partial charge in [0, 0.05) is 18.0 Å². The number of fused-ring (bicyclic) bond motifs is 1. The van der Waals surface area contributed by atoms with E-state index in [1.807, 2.05) is 41.6 Å². The number of anilines is 1. The van der Waals surface area contributed by atoms with Crippen LogP contribution in [0.5, 0.6) is 0 Å². The quantitative estimate of drug-likeness (QED) is 0.799. The number of nitrogens with zero attached hydrogens (tertiary/aromatic N) is 3. The van der Waals surface area contributed by atoms with Crippen molar-refractivity contribution in [2.45, 2.75) is 40.3 Å². The molecule has 0 fully saturated rings. The molecule has 0 atom stereocenters. The van der Waals surface area contributed by atoms with Gasteiger partial charge in [0.25, 0.3) is 0 Å². The van der Waals surface area contributed by atoms with Crippen LogP contribution in [0.1, 0.15) is 26.5 Å². The van der Waals surface area contributed by atoms with Crippen molar-refractivity contribution >= 4 is 30.3 Å². The van der Waals surface area contributed by atoms with Crippen LogP contribution in [-0.4, -0.2) is 28.4 Å². The number of hydrogen-bond acceptors (Lipinski definition) is 4. The molecule has 19 heavy (non-hydrogen) atoms. The lowest BCUT2D eigenvalue weighted by molar-refractivity contribution is 0.751. The fourth-order valence-corrected chi connectivity index (χ4v) is 2.14. The van der Waals surface area contributed by atoms with Crippen molar-refractivity contribution in [1.82, 2.24) is 14.5 Å². The third-order valence-corrected chi connectivity index (χ3v) is 3.05. The first kappa shape index (κ1) is 13.6. The molecule has 6 heteroatoms. The van der Waals surface area contributed by atoms with E-state index in [1.54, 1.807) is 4.57 Å². The Balaban J connectivity index is 2.78. The summed E-state index contributed by atoms with van der Waals surface area (Å²) in [6, 6.07) is 2.13. The largest absolute Gasteiger partial charge is 0.352 e. The van der Waals surface area contributed by atoms with Crippen LogP contribution in [0.4, 0.5) is 5.95 Å². The Morgan fingerprint density at radius 1 is 1.42 bits per heavy atom. The predicted octanol–water partition coefficient (Wildman–Crippen LogP) is 0.199. The van der Waals surface area contributed by atoms with Gasteiger partial charge in [-0.2, -0.15) is 4.98 Å². The van der Waals surface area contributed by atoms with E-state index in [9.17, 15) is 4.79 Å². The van der Waals surface area contributed by atoms with Crippen LogP contribution < -0.4 is 16.3 Å². The number of rotatable bonds is 3. The minimum atomic E-state index is 0.0172. The second-order valence-corrected chi connectivity index (χ2v) is 5.05. The molecule has 0 aliphatic carbocycles. The Hall–Kier alpha value is -1.85. The third kappa shape index (κ3) is 2.48. The van der Waals surface area contributed by atoms with Crippen LogP contribution in [0.3, 0.4) is 0 Å². The Morgan fingerprint density at radius 2 is 2.11 bits per heavy atom. The lowest BCUT2D eigenvalue weighted by atomic mass is 9.96. The van der Waals surface area contributed by atoms with Gasteiger partial charge in [-0.1, -0.05) is 6.07 Å². The van der Waals surface area contributed by atoms with Gasteiger partial charge in [-0.05, 0) is 33.2 Å². The first-order valence-electron chi connectivity index (χ1n) is 6.59. The highest BCUT2D eigenvalue weighted by molar-refractivity contribution is 6.32. The molecule has 1 N–H and O–H groups in total. The van der Waals surface area contributed by atoms with E-state index in [2.05, 4.69) is 15.3 Å². The second-order valence-electron chi connectivity index (χ2n) is 5.05. The molecule has 0 aliphatic rings. The number of aryl methyl sites for hydroxylation is 2. The maximum absolute atomic E-state index is 12.1. The van der Waals surface area contributed by atoms with Gasteiger partial charge in [-0.15, -0.1) is 0 Å². The summed E-state index contributed by atoms with van der Waals surface area (Å²) in [7, 11) is 1.83. The first-order valence-corrected chi connectivity index (χ1v) is 6.59. The van der Waals surface area contributed by atoms with Gasteiger partial charge in [-0.25, -0.2) is 4.98 Å². The SMILES string of the molecule is Bc1cc2c(C)nc(NC(C)C)nc2n(CC)c1=O. The summed E-state index contributed by atoms with van der Waals surface area (Å²) in [4.78, 5) is 21.1. The smallest absolute Gasteiger partial charge is 0.245 e. The molecule has 0 radical (unpaired) electrons. The van der Waals surface area contributed by atoms with Gasteiger partial charge < -0.3 is 5.32 Å². The fourth-order valence-electron chi connectivity index (χ4n) is 2.14. The van der Waals surface area contributed by atoms with Crippen LogP contribution >= 0.6 is 0 Å². The zero-order valence-electron chi connectivity index (χ0n) is 12.1. The summed E-state index contributed by atoms with van der Waals surface area (Å²) in [5.41, 5.74) is 2.33.